The van der Waals surface area contributed by atoms with E-state index in [1.807, 2.05) is 0 Å². The highest BCUT2D eigenvalue weighted by molar-refractivity contribution is 6.42. The maximum absolute atomic E-state index is 11.0. The number of hydrogen-bond acceptors (Lipinski definition) is 4. The Kier molecular flexibility index (Phi) is 3.40. The molecule has 0 radical (unpaired) electrons. The molecule has 0 aliphatic carbocycles. The number of nitro benzene ring substituents is 1. The fourth-order valence-electron chi connectivity index (χ4n) is 2.08. The Morgan fingerprint density at radius 2 is 2.06 bits per heavy atom. The van der Waals surface area contributed by atoms with Crippen molar-refractivity contribution in [3.05, 3.63) is 32.3 Å². The normalized spacial score (nSPS) is 23.4. The van der Waals surface area contributed by atoms with Crippen molar-refractivity contribution < 1.29 is 10.0 Å². The Hall–Kier alpha value is -1.04. The zero-order valence-electron chi connectivity index (χ0n) is 9.69. The van der Waals surface area contributed by atoms with Crippen LogP contribution >= 0.6 is 23.2 Å². The predicted molar refractivity (Wildman–Crippen MR) is 70.6 cm³/mol. The van der Waals surface area contributed by atoms with E-state index in [4.69, 9.17) is 23.2 Å². The standard InChI is InChI=1S/C11H12Cl2N2O3/c1-11(16)2-3-14(6-11)9-4-7(12)8(13)5-10(9)15(17)18/h4-5,16H,2-3,6H2,1H3. The third-order valence-electron chi connectivity index (χ3n) is 3.01. The maximum atomic E-state index is 11.0. The van der Waals surface area contributed by atoms with E-state index in [-0.39, 0.29) is 15.7 Å². The number of anilines is 1. The molecule has 0 saturated carbocycles. The van der Waals surface area contributed by atoms with Gasteiger partial charge in [-0.1, -0.05) is 23.2 Å². The summed E-state index contributed by atoms with van der Waals surface area (Å²) >= 11 is 11.7. The monoisotopic (exact) mass is 290 g/mol. The summed E-state index contributed by atoms with van der Waals surface area (Å²) in [6.45, 7) is 2.59. The van der Waals surface area contributed by atoms with E-state index in [2.05, 4.69) is 0 Å². The van der Waals surface area contributed by atoms with E-state index in [0.717, 1.165) is 0 Å². The minimum Gasteiger partial charge on any atom is -0.388 e. The van der Waals surface area contributed by atoms with E-state index in [1.165, 1.54) is 12.1 Å². The molecule has 0 amide bonds. The van der Waals surface area contributed by atoms with Crippen LogP contribution in [-0.4, -0.2) is 28.7 Å². The van der Waals surface area contributed by atoms with Gasteiger partial charge in [0.05, 0.1) is 20.6 Å². The number of nitrogens with zero attached hydrogens (tertiary/aromatic N) is 2. The lowest BCUT2D eigenvalue weighted by molar-refractivity contribution is -0.384. The van der Waals surface area contributed by atoms with Crippen LogP contribution in [0.5, 0.6) is 0 Å². The Balaban J connectivity index is 2.44. The molecule has 0 bridgehead atoms. The van der Waals surface area contributed by atoms with Gasteiger partial charge in [-0.2, -0.15) is 0 Å². The molecule has 0 spiro atoms. The predicted octanol–water partition coefficient (Wildman–Crippen LogP) is 2.86. The summed E-state index contributed by atoms with van der Waals surface area (Å²) in [5.74, 6) is 0. The molecule has 1 aliphatic rings. The fourth-order valence-corrected chi connectivity index (χ4v) is 2.39. The Bertz CT molecular complexity index is 505. The number of rotatable bonds is 2. The van der Waals surface area contributed by atoms with Crippen molar-refractivity contribution in [2.24, 2.45) is 0 Å². The van der Waals surface area contributed by atoms with Crippen molar-refractivity contribution in [3.63, 3.8) is 0 Å². The van der Waals surface area contributed by atoms with Crippen molar-refractivity contribution >= 4 is 34.6 Å². The van der Waals surface area contributed by atoms with Crippen LogP contribution in [0.2, 0.25) is 10.0 Å². The van der Waals surface area contributed by atoms with E-state index in [1.54, 1.807) is 11.8 Å². The second kappa shape index (κ2) is 4.57. The van der Waals surface area contributed by atoms with Gasteiger partial charge in [-0.05, 0) is 19.4 Å². The van der Waals surface area contributed by atoms with Crippen LogP contribution in [0, 0.1) is 10.1 Å². The average molecular weight is 291 g/mol. The Morgan fingerprint density at radius 3 is 2.56 bits per heavy atom. The van der Waals surface area contributed by atoms with Gasteiger partial charge in [0, 0.05) is 19.2 Å². The van der Waals surface area contributed by atoms with Crippen LogP contribution < -0.4 is 4.90 Å². The molecule has 98 valence electrons. The highest BCUT2D eigenvalue weighted by atomic mass is 35.5. The van der Waals surface area contributed by atoms with Crippen LogP contribution in [0.4, 0.5) is 11.4 Å². The van der Waals surface area contributed by atoms with Crippen molar-refractivity contribution in [1.82, 2.24) is 0 Å². The largest absolute Gasteiger partial charge is 0.388 e. The number of halogens is 2. The van der Waals surface area contributed by atoms with Crippen LogP contribution in [0.3, 0.4) is 0 Å². The van der Waals surface area contributed by atoms with Gasteiger partial charge in [0.25, 0.3) is 5.69 Å². The number of β-amino-alcohol motifs (C(OH)–C–C–N with tert-alkyl or cyclic N) is 1. The third-order valence-corrected chi connectivity index (χ3v) is 3.73. The summed E-state index contributed by atoms with van der Waals surface area (Å²) in [6, 6.07) is 2.72. The zero-order chi connectivity index (χ0) is 13.5. The average Bonchev–Trinajstić information content (AvgIpc) is 2.62. The smallest absolute Gasteiger partial charge is 0.294 e. The molecule has 1 atom stereocenters. The minimum atomic E-state index is -0.833. The molecule has 1 aromatic rings. The molecular weight excluding hydrogens is 279 g/mol. The minimum absolute atomic E-state index is 0.0953. The van der Waals surface area contributed by atoms with E-state index in [0.29, 0.717) is 25.2 Å². The van der Waals surface area contributed by atoms with E-state index >= 15 is 0 Å². The lowest BCUT2D eigenvalue weighted by Gasteiger charge is -2.21. The molecule has 1 aromatic carbocycles. The van der Waals surface area contributed by atoms with Gasteiger partial charge in [0.15, 0.2) is 0 Å². The first-order chi connectivity index (χ1) is 8.30. The van der Waals surface area contributed by atoms with Gasteiger partial charge in [0.1, 0.15) is 5.69 Å². The zero-order valence-corrected chi connectivity index (χ0v) is 11.2. The molecule has 1 heterocycles. The summed E-state index contributed by atoms with van der Waals surface area (Å²) in [4.78, 5) is 12.3. The number of aliphatic hydroxyl groups is 1. The molecular formula is C11H12Cl2N2O3. The topological polar surface area (TPSA) is 66.6 Å². The first-order valence-electron chi connectivity index (χ1n) is 5.41. The molecule has 5 nitrogen and oxygen atoms in total. The van der Waals surface area contributed by atoms with Gasteiger partial charge in [-0.15, -0.1) is 0 Å². The molecule has 1 unspecified atom stereocenters. The molecule has 1 saturated heterocycles. The Morgan fingerprint density at radius 1 is 1.44 bits per heavy atom. The molecule has 1 aliphatic heterocycles. The van der Waals surface area contributed by atoms with Crippen molar-refractivity contribution in [3.8, 4) is 0 Å². The molecule has 18 heavy (non-hydrogen) atoms. The van der Waals surface area contributed by atoms with E-state index in [9.17, 15) is 15.2 Å². The van der Waals surface area contributed by atoms with Gasteiger partial charge in [-0.3, -0.25) is 10.1 Å². The summed E-state index contributed by atoms with van der Waals surface area (Å²) in [5.41, 5.74) is -0.533. The summed E-state index contributed by atoms with van der Waals surface area (Å²) in [5, 5.41) is 21.3. The quantitative estimate of drug-likeness (QED) is 0.672. The SMILES string of the molecule is CC1(O)CCN(c2cc(Cl)c(Cl)cc2[N+](=O)[O-])C1. The third kappa shape index (κ3) is 2.53. The van der Waals surface area contributed by atoms with Gasteiger partial charge >= 0.3 is 0 Å². The molecule has 2 rings (SSSR count). The summed E-state index contributed by atoms with van der Waals surface area (Å²) in [6.07, 6.45) is 0.560. The fraction of sp³-hybridized carbons (Fsp3) is 0.455. The molecule has 1 N–H and O–H groups in total. The summed E-state index contributed by atoms with van der Waals surface area (Å²) < 4.78 is 0. The molecule has 0 aromatic heterocycles. The summed E-state index contributed by atoms with van der Waals surface area (Å²) in [7, 11) is 0. The van der Waals surface area contributed by atoms with Gasteiger partial charge < -0.3 is 10.0 Å². The first kappa shape index (κ1) is 13.4. The van der Waals surface area contributed by atoms with Gasteiger partial charge in [0.2, 0.25) is 0 Å². The van der Waals surface area contributed by atoms with Crippen molar-refractivity contribution in [2.75, 3.05) is 18.0 Å². The number of benzene rings is 1. The van der Waals surface area contributed by atoms with Crippen LogP contribution in [0.15, 0.2) is 12.1 Å². The van der Waals surface area contributed by atoms with Gasteiger partial charge in [-0.25, -0.2) is 0 Å². The highest BCUT2D eigenvalue weighted by Gasteiger charge is 2.34. The number of nitro groups is 1. The van der Waals surface area contributed by atoms with Crippen molar-refractivity contribution in [1.29, 1.82) is 0 Å². The number of hydrogen-bond donors (Lipinski definition) is 1. The second-order valence-electron chi connectivity index (χ2n) is 4.68. The van der Waals surface area contributed by atoms with Crippen LogP contribution in [0.25, 0.3) is 0 Å². The van der Waals surface area contributed by atoms with Crippen LogP contribution in [-0.2, 0) is 0 Å². The van der Waals surface area contributed by atoms with E-state index < -0.39 is 10.5 Å². The highest BCUT2D eigenvalue weighted by Crippen LogP contribution is 2.38. The molecule has 7 heteroatoms. The van der Waals surface area contributed by atoms with Crippen LogP contribution in [0.1, 0.15) is 13.3 Å². The first-order valence-corrected chi connectivity index (χ1v) is 6.16. The maximum Gasteiger partial charge on any atom is 0.294 e. The van der Waals surface area contributed by atoms with Crippen molar-refractivity contribution in [2.45, 2.75) is 18.9 Å². The Labute approximate surface area is 114 Å². The lowest BCUT2D eigenvalue weighted by Crippen LogP contribution is -2.29. The second-order valence-corrected chi connectivity index (χ2v) is 5.50. The molecule has 1 fully saturated rings. The lowest BCUT2D eigenvalue weighted by atomic mass is 10.1.